The van der Waals surface area contributed by atoms with E-state index < -0.39 is 88.2 Å². The number of benzene rings is 3. The van der Waals surface area contributed by atoms with Crippen LogP contribution in [0.1, 0.15) is 124 Å². The fraction of sp³-hybridized carbons (Fsp3) is 0.455. The highest BCUT2D eigenvalue weighted by Crippen LogP contribution is 2.42. The molecule has 3 aliphatic heterocycles. The zero-order chi connectivity index (χ0) is 67.4. The van der Waals surface area contributed by atoms with Crippen LogP contribution in [0.15, 0.2) is 91.4 Å². The van der Waals surface area contributed by atoms with Crippen molar-refractivity contribution in [2.24, 2.45) is 17.8 Å². The Labute approximate surface area is 540 Å². The van der Waals surface area contributed by atoms with Crippen LogP contribution in [0.5, 0.6) is 0 Å². The van der Waals surface area contributed by atoms with E-state index in [1.54, 1.807) is 18.6 Å². The number of fused-ring (bicyclic) bond motifs is 3. The van der Waals surface area contributed by atoms with Gasteiger partial charge in [-0.05, 0) is 109 Å². The molecule has 30 heteroatoms. The van der Waals surface area contributed by atoms with Crippen molar-refractivity contribution in [3.8, 4) is 0 Å². The quantitative estimate of drug-likeness (QED) is 0.0843. The molecule has 6 fully saturated rings. The van der Waals surface area contributed by atoms with Crippen molar-refractivity contribution in [1.29, 1.82) is 0 Å². The lowest BCUT2D eigenvalue weighted by Gasteiger charge is -2.34. The number of hydrogen-bond donors (Lipinski definition) is 3. The molecule has 3 unspecified atom stereocenters. The van der Waals surface area contributed by atoms with Crippen molar-refractivity contribution >= 4 is 16.9 Å². The van der Waals surface area contributed by atoms with Crippen LogP contribution in [0.4, 0.5) is 65.9 Å². The van der Waals surface area contributed by atoms with Gasteiger partial charge in [0, 0.05) is 169 Å². The minimum atomic E-state index is -4.59. The van der Waals surface area contributed by atoms with Gasteiger partial charge in [-0.3, -0.25) is 27.9 Å². The number of nitrogens with one attached hydrogen (secondary N) is 3. The van der Waals surface area contributed by atoms with Crippen molar-refractivity contribution < 1.29 is 65.9 Å². The van der Waals surface area contributed by atoms with E-state index in [2.05, 4.69) is 46.5 Å². The maximum absolute atomic E-state index is 14.2. The molecule has 510 valence electrons. The minimum Gasteiger partial charge on any atom is -0.307 e. The SMILES string of the molecule is Fc1ccc(C2CN(Cc3ccn4c(CC5CC5)nnc4c3C(F)(F)F)CCN2)c(F)c1.Fc1ccc(C2CN(Cc3ccn4c(CC5CC5)nnc4c3C(F)(F)F)CCN2)c(F)c1.Fc1ccc(C2CN(Cc3ccn4c(CC5CC5)nnc4c3C(F)(F)F)CCN2)c(F)c1. The summed E-state index contributed by atoms with van der Waals surface area (Å²) in [6.07, 6.45) is -0.650. The number of nitrogens with zero attached hydrogens (tertiary/aromatic N) is 12. The highest BCUT2D eigenvalue weighted by atomic mass is 19.4. The number of rotatable bonds is 15. The summed E-state index contributed by atoms with van der Waals surface area (Å²) < 4.78 is 213. The van der Waals surface area contributed by atoms with E-state index in [0.29, 0.717) is 130 Å². The number of piperazine rings is 3. The Bertz CT molecular complexity index is 3840. The van der Waals surface area contributed by atoms with Gasteiger partial charge in [0.2, 0.25) is 0 Å². The first-order valence-electron chi connectivity index (χ1n) is 31.9. The van der Waals surface area contributed by atoms with Crippen LogP contribution < -0.4 is 16.0 Å². The Morgan fingerprint density at radius 3 is 0.875 bits per heavy atom. The number of pyridine rings is 3. The molecule has 3 aliphatic carbocycles. The zero-order valence-electron chi connectivity index (χ0n) is 51.5. The Kier molecular flexibility index (Phi) is 19.0. The van der Waals surface area contributed by atoms with Gasteiger partial charge in [-0.1, -0.05) is 18.2 Å². The molecule has 15 nitrogen and oxygen atoms in total. The largest absolute Gasteiger partial charge is 0.420 e. The second kappa shape index (κ2) is 27.3. The molecule has 0 spiro atoms. The molecule has 3 atom stereocenters. The van der Waals surface area contributed by atoms with E-state index in [1.807, 2.05) is 14.7 Å². The molecule has 15 rings (SSSR count). The molecule has 0 amide bonds. The summed E-state index contributed by atoms with van der Waals surface area (Å²) in [7, 11) is 0. The smallest absolute Gasteiger partial charge is 0.307 e. The molecule has 3 saturated carbocycles. The standard InChI is InChI=1S/3C22H22F5N5/c3*23-15-3-4-16(17(24)10-15)18-12-31(8-6-28-18)11-14-5-7-32-19(9-13-1-2-13)29-30-21(32)20(14)22(25,26)27/h3*3-5,7,10,13,18,28H,1-2,6,8-9,11-12H2. The van der Waals surface area contributed by atoms with Crippen molar-refractivity contribution in [2.45, 2.75) is 114 Å². The van der Waals surface area contributed by atoms with Crippen molar-refractivity contribution in [3.63, 3.8) is 0 Å². The molecule has 3 saturated heterocycles. The van der Waals surface area contributed by atoms with Gasteiger partial charge in [-0.2, -0.15) is 39.5 Å². The Morgan fingerprint density at radius 2 is 0.635 bits per heavy atom. The highest BCUT2D eigenvalue weighted by Gasteiger charge is 2.42. The molecule has 6 aliphatic rings. The predicted octanol–water partition coefficient (Wildman–Crippen LogP) is 12.4. The average molecular weight is 1350 g/mol. The van der Waals surface area contributed by atoms with Crippen LogP contribution >= 0.6 is 0 Å². The zero-order valence-corrected chi connectivity index (χ0v) is 51.5. The van der Waals surface area contributed by atoms with Crippen LogP contribution in [0.2, 0.25) is 0 Å². The number of halogens is 15. The van der Waals surface area contributed by atoms with E-state index in [4.69, 9.17) is 0 Å². The molecule has 96 heavy (non-hydrogen) atoms. The summed E-state index contributed by atoms with van der Waals surface area (Å²) in [5.74, 6) is -0.960. The van der Waals surface area contributed by atoms with Gasteiger partial charge in [0.1, 0.15) is 69.1 Å². The average Bonchev–Trinajstić information content (AvgIpc) is 1.51. The summed E-state index contributed by atoms with van der Waals surface area (Å²) >= 11 is 0. The van der Waals surface area contributed by atoms with Gasteiger partial charge >= 0.3 is 18.5 Å². The normalized spacial score (nSPS) is 20.2. The van der Waals surface area contributed by atoms with Crippen molar-refractivity contribution in [3.05, 3.63) is 194 Å². The molecular formula is C66H66F15N15. The predicted molar refractivity (Wildman–Crippen MR) is 320 cm³/mol. The van der Waals surface area contributed by atoms with Crippen molar-refractivity contribution in [1.82, 2.24) is 74.4 Å². The van der Waals surface area contributed by atoms with Gasteiger partial charge in [0.15, 0.2) is 16.9 Å². The first kappa shape index (κ1) is 66.8. The fourth-order valence-electron chi connectivity index (χ4n) is 13.2. The number of hydrogen-bond acceptors (Lipinski definition) is 12. The molecule has 9 aromatic rings. The van der Waals surface area contributed by atoms with Gasteiger partial charge in [0.25, 0.3) is 0 Å². The lowest BCUT2D eigenvalue weighted by Crippen LogP contribution is -2.45. The van der Waals surface area contributed by atoms with Gasteiger partial charge in [-0.15, -0.1) is 30.6 Å². The summed E-state index contributed by atoms with van der Waals surface area (Å²) in [4.78, 5) is 5.52. The second-order valence-corrected chi connectivity index (χ2v) is 25.7. The maximum atomic E-state index is 14.2. The first-order chi connectivity index (χ1) is 45.9. The highest BCUT2D eigenvalue weighted by molar-refractivity contribution is 5.56. The topological polar surface area (TPSA) is 136 Å². The van der Waals surface area contributed by atoms with Gasteiger partial charge in [-0.25, -0.2) is 26.3 Å². The lowest BCUT2D eigenvalue weighted by atomic mass is 10.0. The van der Waals surface area contributed by atoms with E-state index in [-0.39, 0.29) is 53.3 Å². The Morgan fingerprint density at radius 1 is 0.365 bits per heavy atom. The summed E-state index contributed by atoms with van der Waals surface area (Å²) in [6.45, 7) is 3.93. The molecular weight excluding hydrogens is 1290 g/mol. The van der Waals surface area contributed by atoms with Gasteiger partial charge in [0.05, 0.1) is 0 Å². The molecule has 3 aromatic carbocycles. The summed E-state index contributed by atoms with van der Waals surface area (Å²) in [6, 6.07) is 13.2. The molecule has 0 bridgehead atoms. The number of alkyl halides is 9. The minimum absolute atomic E-state index is 0.0388. The van der Waals surface area contributed by atoms with Gasteiger partial charge < -0.3 is 16.0 Å². The summed E-state index contributed by atoms with van der Waals surface area (Å²) in [5.41, 5.74) is -1.67. The third-order valence-corrected chi connectivity index (χ3v) is 18.5. The fourth-order valence-corrected chi connectivity index (χ4v) is 13.2. The first-order valence-corrected chi connectivity index (χ1v) is 31.9. The van der Waals surface area contributed by atoms with Crippen LogP contribution in [0, 0.1) is 52.7 Å². The third-order valence-electron chi connectivity index (χ3n) is 18.5. The summed E-state index contributed by atoms with van der Waals surface area (Å²) in [5, 5.41) is 33.2. The van der Waals surface area contributed by atoms with Crippen LogP contribution in [0.25, 0.3) is 16.9 Å². The lowest BCUT2D eigenvalue weighted by molar-refractivity contribution is -0.138. The van der Waals surface area contributed by atoms with E-state index in [0.717, 1.165) is 56.7 Å². The Balaban J connectivity index is 0.000000130. The third kappa shape index (κ3) is 15.3. The molecule has 3 N–H and O–H groups in total. The van der Waals surface area contributed by atoms with E-state index in [1.165, 1.54) is 67.8 Å². The van der Waals surface area contributed by atoms with E-state index >= 15 is 0 Å². The van der Waals surface area contributed by atoms with Crippen LogP contribution in [0.3, 0.4) is 0 Å². The second-order valence-electron chi connectivity index (χ2n) is 25.7. The monoisotopic (exact) mass is 1350 g/mol. The van der Waals surface area contributed by atoms with Crippen molar-refractivity contribution in [2.75, 3.05) is 58.9 Å². The van der Waals surface area contributed by atoms with E-state index in [9.17, 15) is 65.9 Å². The molecule has 9 heterocycles. The van der Waals surface area contributed by atoms with Crippen LogP contribution in [-0.2, 0) is 57.4 Å². The molecule has 6 aromatic heterocycles. The molecule has 0 radical (unpaired) electrons. The number of aromatic nitrogens is 9. The Hall–Kier alpha value is -7.77. The maximum Gasteiger partial charge on any atom is 0.420 e. The van der Waals surface area contributed by atoms with Crippen LogP contribution in [-0.4, -0.2) is 117 Å².